The fraction of sp³-hybridized carbons (Fsp3) is 0.375. The lowest BCUT2D eigenvalue weighted by Gasteiger charge is -2.29. The Morgan fingerprint density at radius 3 is 2.39 bits per heavy atom. The second-order valence-electron chi connectivity index (χ2n) is 10.5. The number of fused-ring (bicyclic) bond motifs is 1. The second-order valence-corrected chi connectivity index (χ2v) is 11.6. The minimum atomic E-state index is -0.626. The van der Waals surface area contributed by atoms with Crippen molar-refractivity contribution in [1.29, 1.82) is 0 Å². The zero-order valence-corrected chi connectivity index (χ0v) is 25.1. The number of carbonyl (C=O) groups is 1. The molecule has 218 valence electrons. The molecule has 1 saturated heterocycles. The molecule has 0 saturated carbocycles. The summed E-state index contributed by atoms with van der Waals surface area (Å²) in [4.78, 5) is 19.1. The maximum Gasteiger partial charge on any atom is 0.257 e. The van der Waals surface area contributed by atoms with Crippen LogP contribution in [-0.4, -0.2) is 54.2 Å². The number of benzene rings is 3. The van der Waals surface area contributed by atoms with E-state index >= 15 is 0 Å². The zero-order valence-electron chi connectivity index (χ0n) is 24.3. The summed E-state index contributed by atoms with van der Waals surface area (Å²) in [5.74, 6) is -1.09. The molecule has 6 nitrogen and oxygen atoms in total. The van der Waals surface area contributed by atoms with Crippen LogP contribution < -0.4 is 10.2 Å². The normalized spacial score (nSPS) is 13.5. The van der Waals surface area contributed by atoms with E-state index in [0.29, 0.717) is 21.7 Å². The van der Waals surface area contributed by atoms with Gasteiger partial charge in [0.25, 0.3) is 5.91 Å². The Hall–Kier alpha value is -3.43. The molecular formula is C32H39F2N5OS. The van der Waals surface area contributed by atoms with Gasteiger partial charge in [0.05, 0.1) is 5.52 Å². The number of carbonyl (C=O) groups excluding carboxylic acids is 1. The minimum Gasteiger partial charge on any atom is -0.373 e. The van der Waals surface area contributed by atoms with Gasteiger partial charge in [0.1, 0.15) is 11.6 Å². The molecule has 2 N–H and O–H groups in total. The van der Waals surface area contributed by atoms with E-state index in [1.165, 1.54) is 62.7 Å². The van der Waals surface area contributed by atoms with Crippen LogP contribution in [0.4, 0.5) is 20.3 Å². The zero-order chi connectivity index (χ0) is 29.4. The van der Waals surface area contributed by atoms with Crippen LogP contribution in [-0.2, 0) is 0 Å². The van der Waals surface area contributed by atoms with Crippen molar-refractivity contribution in [2.75, 3.05) is 43.4 Å². The van der Waals surface area contributed by atoms with Crippen LogP contribution in [0.1, 0.15) is 55.5 Å². The topological polar surface area (TPSA) is 64.3 Å². The first-order valence-corrected chi connectivity index (χ1v) is 15.1. The molecule has 5 rings (SSSR count). The number of aromatic nitrogens is 2. The van der Waals surface area contributed by atoms with Crippen molar-refractivity contribution in [3.8, 4) is 0 Å². The average Bonchev–Trinajstić information content (AvgIpc) is 3.33. The van der Waals surface area contributed by atoms with Crippen LogP contribution in [0.2, 0.25) is 0 Å². The van der Waals surface area contributed by atoms with Crippen LogP contribution in [0.15, 0.2) is 64.4 Å². The largest absolute Gasteiger partial charge is 0.373 e. The highest BCUT2D eigenvalue weighted by Crippen LogP contribution is 2.33. The molecule has 9 heteroatoms. The maximum absolute atomic E-state index is 13.6. The third kappa shape index (κ3) is 8.30. The summed E-state index contributed by atoms with van der Waals surface area (Å²) in [7, 11) is 2.09. The van der Waals surface area contributed by atoms with Gasteiger partial charge in [0.2, 0.25) is 0 Å². The standard InChI is InChI=1S/C29H31F2N5OS.C3H8/c1-19-14-22(35(2)12-13-36-10-4-3-5-11-36)6-8-25(19)29(37)32-28-26-18-23(7-9-27(26)33-34-28)38-24-16-20(30)15-21(31)17-24;1-3-2/h6-9,14-18H,3-5,10-13H2,1-2H3,(H2,32,33,34,37);3H2,1-2H3. The van der Waals surface area contributed by atoms with Gasteiger partial charge in [0.15, 0.2) is 5.82 Å². The number of H-pyrrole nitrogens is 1. The molecule has 4 aromatic rings. The highest BCUT2D eigenvalue weighted by atomic mass is 32.2. The Kier molecular flexibility index (Phi) is 10.8. The van der Waals surface area contributed by atoms with E-state index in [4.69, 9.17) is 0 Å². The average molecular weight is 580 g/mol. The van der Waals surface area contributed by atoms with E-state index in [1.807, 2.05) is 43.3 Å². The number of piperidine rings is 1. The van der Waals surface area contributed by atoms with Crippen LogP contribution >= 0.6 is 11.8 Å². The van der Waals surface area contributed by atoms with Gasteiger partial charge in [-0.1, -0.05) is 38.5 Å². The summed E-state index contributed by atoms with van der Waals surface area (Å²) in [6, 6.07) is 14.8. The quantitative estimate of drug-likeness (QED) is 0.222. The number of likely N-dealkylation sites (N-methyl/N-ethyl adjacent to an activating group) is 1. The molecular weight excluding hydrogens is 540 g/mol. The number of rotatable bonds is 8. The van der Waals surface area contributed by atoms with E-state index in [2.05, 4.69) is 46.2 Å². The van der Waals surface area contributed by atoms with E-state index in [1.54, 1.807) is 0 Å². The smallest absolute Gasteiger partial charge is 0.257 e. The third-order valence-electron chi connectivity index (χ3n) is 6.93. The summed E-state index contributed by atoms with van der Waals surface area (Å²) in [5.41, 5.74) is 3.29. The van der Waals surface area contributed by atoms with E-state index in [0.717, 1.165) is 40.8 Å². The molecule has 1 aliphatic heterocycles. The monoisotopic (exact) mass is 579 g/mol. The predicted octanol–water partition coefficient (Wildman–Crippen LogP) is 7.89. The third-order valence-corrected chi connectivity index (χ3v) is 7.89. The molecule has 1 aromatic heterocycles. The Bertz CT molecular complexity index is 1450. The Morgan fingerprint density at radius 2 is 1.71 bits per heavy atom. The van der Waals surface area contributed by atoms with Crippen molar-refractivity contribution in [3.05, 3.63) is 77.4 Å². The van der Waals surface area contributed by atoms with E-state index in [9.17, 15) is 13.6 Å². The lowest BCUT2D eigenvalue weighted by molar-refractivity contribution is 0.102. The first-order valence-electron chi connectivity index (χ1n) is 14.2. The fourth-order valence-corrected chi connectivity index (χ4v) is 5.72. The van der Waals surface area contributed by atoms with Gasteiger partial charge in [-0.3, -0.25) is 9.89 Å². The van der Waals surface area contributed by atoms with Crippen molar-refractivity contribution in [2.45, 2.75) is 56.2 Å². The van der Waals surface area contributed by atoms with Crippen LogP contribution in [0.25, 0.3) is 10.9 Å². The van der Waals surface area contributed by atoms with Crippen molar-refractivity contribution in [1.82, 2.24) is 15.1 Å². The van der Waals surface area contributed by atoms with Crippen LogP contribution in [0.5, 0.6) is 0 Å². The Labute approximate surface area is 245 Å². The van der Waals surface area contributed by atoms with Gasteiger partial charge >= 0.3 is 0 Å². The number of amides is 1. The summed E-state index contributed by atoms with van der Waals surface area (Å²) >= 11 is 1.24. The Morgan fingerprint density at radius 1 is 1.00 bits per heavy atom. The lowest BCUT2D eigenvalue weighted by atomic mass is 10.1. The van der Waals surface area contributed by atoms with Crippen LogP contribution in [0.3, 0.4) is 0 Å². The number of nitrogens with one attached hydrogen (secondary N) is 2. The number of aryl methyl sites for hydroxylation is 1. The molecule has 3 aromatic carbocycles. The number of nitrogens with zero attached hydrogens (tertiary/aromatic N) is 3. The van der Waals surface area contributed by atoms with E-state index < -0.39 is 11.6 Å². The van der Waals surface area contributed by atoms with Crippen molar-refractivity contribution in [2.24, 2.45) is 0 Å². The molecule has 0 bridgehead atoms. The van der Waals surface area contributed by atoms with Gasteiger partial charge in [0, 0.05) is 52.6 Å². The minimum absolute atomic E-state index is 0.247. The predicted molar refractivity (Wildman–Crippen MR) is 165 cm³/mol. The van der Waals surface area contributed by atoms with Crippen molar-refractivity contribution >= 4 is 40.1 Å². The molecule has 1 fully saturated rings. The molecule has 0 atom stereocenters. The first kappa shape index (κ1) is 30.5. The number of anilines is 2. The molecule has 0 unspecified atom stereocenters. The highest BCUT2D eigenvalue weighted by molar-refractivity contribution is 7.99. The lowest BCUT2D eigenvalue weighted by Crippen LogP contribution is -2.36. The van der Waals surface area contributed by atoms with Gasteiger partial charge in [-0.05, 0) is 86.9 Å². The van der Waals surface area contributed by atoms with Crippen molar-refractivity contribution in [3.63, 3.8) is 0 Å². The summed E-state index contributed by atoms with van der Waals surface area (Å²) in [6.45, 7) is 10.5. The molecule has 41 heavy (non-hydrogen) atoms. The highest BCUT2D eigenvalue weighted by Gasteiger charge is 2.16. The second kappa shape index (κ2) is 14.5. The maximum atomic E-state index is 13.6. The van der Waals surface area contributed by atoms with E-state index in [-0.39, 0.29) is 5.91 Å². The number of hydrogen-bond donors (Lipinski definition) is 2. The molecule has 0 radical (unpaired) electrons. The van der Waals surface area contributed by atoms with Gasteiger partial charge in [-0.15, -0.1) is 0 Å². The molecule has 0 aliphatic carbocycles. The number of hydrogen-bond acceptors (Lipinski definition) is 5. The molecule has 2 heterocycles. The SMILES string of the molecule is CCC.Cc1cc(N(C)CCN2CCCCC2)ccc1C(=O)Nc1n[nH]c2ccc(Sc3cc(F)cc(F)c3)cc12. The Balaban J connectivity index is 0.00000124. The molecule has 1 amide bonds. The van der Waals surface area contributed by atoms with Gasteiger partial charge < -0.3 is 15.1 Å². The van der Waals surface area contributed by atoms with Crippen LogP contribution in [0, 0.1) is 18.6 Å². The van der Waals surface area contributed by atoms with Gasteiger partial charge in [-0.25, -0.2) is 8.78 Å². The summed E-state index contributed by atoms with van der Waals surface area (Å²) < 4.78 is 27.2. The number of likely N-dealkylation sites (tertiary alicyclic amines) is 1. The summed E-state index contributed by atoms with van der Waals surface area (Å²) in [6.07, 6.45) is 5.15. The number of aromatic amines is 1. The molecule has 1 aliphatic rings. The summed E-state index contributed by atoms with van der Waals surface area (Å²) in [5, 5.41) is 10.8. The number of halogens is 2. The first-order chi connectivity index (χ1) is 19.8. The van der Waals surface area contributed by atoms with Gasteiger partial charge in [-0.2, -0.15) is 5.10 Å². The fourth-order valence-electron chi connectivity index (χ4n) is 4.79. The van der Waals surface area contributed by atoms with Crippen molar-refractivity contribution < 1.29 is 13.6 Å². The molecule has 0 spiro atoms.